The highest BCUT2D eigenvalue weighted by molar-refractivity contribution is 5.92. The predicted molar refractivity (Wildman–Crippen MR) is 91.1 cm³/mol. The Hall–Kier alpha value is -3.25. The molecule has 2 amide bonds. The Labute approximate surface area is 153 Å². The summed E-state index contributed by atoms with van der Waals surface area (Å²) in [6.45, 7) is -0.598. The molecular formula is C15H21N7O5. The molecule has 2 rings (SSSR count). The van der Waals surface area contributed by atoms with Crippen molar-refractivity contribution < 1.29 is 24.6 Å². The lowest BCUT2D eigenvalue weighted by atomic mass is 10.1. The van der Waals surface area contributed by atoms with Crippen LogP contribution >= 0.6 is 0 Å². The van der Waals surface area contributed by atoms with E-state index in [4.69, 9.17) is 10.8 Å². The fraction of sp³-hybridized carbons (Fsp3) is 0.400. The minimum atomic E-state index is -1.25. The number of carbonyl (C=O) groups is 3. The monoisotopic (exact) mass is 379 g/mol. The molecule has 2 aromatic rings. The molecule has 0 saturated carbocycles. The van der Waals surface area contributed by atoms with Crippen LogP contribution in [0.4, 0.5) is 0 Å². The number of hydrogen-bond acceptors (Lipinski definition) is 7. The molecule has 27 heavy (non-hydrogen) atoms. The number of amides is 2. The van der Waals surface area contributed by atoms with Crippen molar-refractivity contribution in [2.45, 2.75) is 31.0 Å². The number of hydrogen-bond donors (Lipinski definition) is 7. The molecule has 8 N–H and O–H groups in total. The third-order valence-electron chi connectivity index (χ3n) is 3.72. The average molecular weight is 379 g/mol. The van der Waals surface area contributed by atoms with Crippen molar-refractivity contribution in [3.63, 3.8) is 0 Å². The second-order valence-corrected chi connectivity index (χ2v) is 5.78. The summed E-state index contributed by atoms with van der Waals surface area (Å²) < 4.78 is 0. The van der Waals surface area contributed by atoms with Crippen molar-refractivity contribution in [1.29, 1.82) is 0 Å². The summed E-state index contributed by atoms with van der Waals surface area (Å²) >= 11 is 0. The van der Waals surface area contributed by atoms with Crippen LogP contribution in [0.25, 0.3) is 0 Å². The van der Waals surface area contributed by atoms with Gasteiger partial charge in [0.25, 0.3) is 0 Å². The van der Waals surface area contributed by atoms with Gasteiger partial charge >= 0.3 is 5.97 Å². The molecule has 0 aromatic carbocycles. The fourth-order valence-electron chi connectivity index (χ4n) is 2.27. The summed E-state index contributed by atoms with van der Waals surface area (Å²) in [6, 6.07) is -3.58. The van der Waals surface area contributed by atoms with Crippen LogP contribution in [0.5, 0.6) is 0 Å². The van der Waals surface area contributed by atoms with Gasteiger partial charge in [0.15, 0.2) is 0 Å². The predicted octanol–water partition coefficient (Wildman–Crippen LogP) is -2.71. The van der Waals surface area contributed by atoms with Gasteiger partial charge in [0.2, 0.25) is 11.8 Å². The number of aliphatic hydroxyl groups excluding tert-OH is 1. The third-order valence-corrected chi connectivity index (χ3v) is 3.72. The molecule has 0 fully saturated rings. The second kappa shape index (κ2) is 9.45. The van der Waals surface area contributed by atoms with Crippen LogP contribution in [0.2, 0.25) is 0 Å². The van der Waals surface area contributed by atoms with Gasteiger partial charge in [0, 0.05) is 25.2 Å². The lowest BCUT2D eigenvalue weighted by Crippen LogP contribution is -2.56. The quantitative estimate of drug-likeness (QED) is 0.231. The zero-order valence-corrected chi connectivity index (χ0v) is 14.3. The molecule has 0 aliphatic carbocycles. The Morgan fingerprint density at radius 3 is 1.96 bits per heavy atom. The summed E-state index contributed by atoms with van der Waals surface area (Å²) in [5.74, 6) is -2.71. The smallest absolute Gasteiger partial charge is 0.326 e. The van der Waals surface area contributed by atoms with E-state index in [9.17, 15) is 19.5 Å². The number of H-pyrrole nitrogens is 2. The van der Waals surface area contributed by atoms with Crippen molar-refractivity contribution >= 4 is 17.8 Å². The fourth-order valence-corrected chi connectivity index (χ4v) is 2.27. The van der Waals surface area contributed by atoms with Gasteiger partial charge in [-0.2, -0.15) is 0 Å². The Morgan fingerprint density at radius 1 is 1.00 bits per heavy atom. The first-order chi connectivity index (χ1) is 12.9. The van der Waals surface area contributed by atoms with Crippen molar-refractivity contribution in [3.8, 4) is 0 Å². The van der Waals surface area contributed by atoms with Crippen LogP contribution in [0.15, 0.2) is 25.0 Å². The first-order valence-electron chi connectivity index (χ1n) is 8.06. The number of carboxylic acid groups (broad SMARTS) is 1. The van der Waals surface area contributed by atoms with E-state index in [0.717, 1.165) is 0 Å². The van der Waals surface area contributed by atoms with E-state index in [1.165, 1.54) is 25.0 Å². The molecular weight excluding hydrogens is 358 g/mol. The number of carbonyl (C=O) groups excluding carboxylic acids is 2. The number of aromatic nitrogens is 4. The molecule has 0 aliphatic heterocycles. The molecule has 0 spiro atoms. The summed E-state index contributed by atoms with van der Waals surface area (Å²) in [5.41, 5.74) is 6.39. The Morgan fingerprint density at radius 2 is 1.52 bits per heavy atom. The Kier molecular flexibility index (Phi) is 7.02. The van der Waals surface area contributed by atoms with Gasteiger partial charge < -0.3 is 36.5 Å². The zero-order valence-electron chi connectivity index (χ0n) is 14.3. The second-order valence-electron chi connectivity index (χ2n) is 5.78. The Bertz CT molecular complexity index is 747. The molecule has 146 valence electrons. The van der Waals surface area contributed by atoms with Gasteiger partial charge in [-0.15, -0.1) is 0 Å². The number of aromatic amines is 2. The molecule has 0 aliphatic rings. The highest BCUT2D eigenvalue weighted by Crippen LogP contribution is 2.03. The number of rotatable bonds is 10. The van der Waals surface area contributed by atoms with Crippen LogP contribution in [0.3, 0.4) is 0 Å². The van der Waals surface area contributed by atoms with E-state index < -0.39 is 42.5 Å². The van der Waals surface area contributed by atoms with Gasteiger partial charge in [-0.3, -0.25) is 9.59 Å². The number of aliphatic hydroxyl groups is 1. The highest BCUT2D eigenvalue weighted by atomic mass is 16.4. The van der Waals surface area contributed by atoms with Gasteiger partial charge in [-0.05, 0) is 0 Å². The topological polar surface area (TPSA) is 199 Å². The average Bonchev–Trinajstić information content (AvgIpc) is 3.33. The van der Waals surface area contributed by atoms with Gasteiger partial charge in [-0.1, -0.05) is 0 Å². The molecule has 0 saturated heterocycles. The summed E-state index contributed by atoms with van der Waals surface area (Å²) in [7, 11) is 0. The first-order valence-corrected chi connectivity index (χ1v) is 8.06. The summed E-state index contributed by atoms with van der Waals surface area (Å²) in [4.78, 5) is 49.4. The normalized spacial score (nSPS) is 14.1. The molecule has 3 atom stereocenters. The maximum atomic E-state index is 12.6. The van der Waals surface area contributed by atoms with Crippen LogP contribution in [0.1, 0.15) is 11.4 Å². The first kappa shape index (κ1) is 20.1. The van der Waals surface area contributed by atoms with E-state index in [-0.39, 0.29) is 12.8 Å². The minimum absolute atomic E-state index is 0.00790. The third kappa shape index (κ3) is 5.90. The number of imidazole rings is 2. The highest BCUT2D eigenvalue weighted by Gasteiger charge is 2.29. The molecule has 0 unspecified atom stereocenters. The molecule has 12 nitrogen and oxygen atoms in total. The lowest BCUT2D eigenvalue weighted by Gasteiger charge is -2.22. The van der Waals surface area contributed by atoms with Crippen molar-refractivity contribution in [2.75, 3.05) is 6.61 Å². The van der Waals surface area contributed by atoms with Gasteiger partial charge in [0.1, 0.15) is 18.1 Å². The lowest BCUT2D eigenvalue weighted by molar-refractivity contribution is -0.142. The van der Waals surface area contributed by atoms with Gasteiger partial charge in [-0.25, -0.2) is 14.8 Å². The van der Waals surface area contributed by atoms with E-state index in [0.29, 0.717) is 11.4 Å². The SMILES string of the molecule is N[C@@H](CO)C(=O)N[C@@H](Cc1c[nH]cn1)C(=O)N[C@@H](Cc1c[nH]cn1)C(=O)O. The van der Waals surface area contributed by atoms with Crippen LogP contribution in [-0.4, -0.2) is 72.7 Å². The minimum Gasteiger partial charge on any atom is -0.480 e. The largest absolute Gasteiger partial charge is 0.480 e. The standard InChI is InChI=1S/C15H21N7O5/c16-10(5-23)13(24)21-11(1-8-3-17-6-19-8)14(25)22-12(15(26)27)2-9-4-18-7-20-9/h3-4,6-7,10-12,23H,1-2,5,16H2,(H,17,19)(H,18,20)(H,21,24)(H,22,25)(H,26,27)/t10-,11-,12-/m0/s1. The number of carboxylic acids is 1. The van der Waals surface area contributed by atoms with Crippen molar-refractivity contribution in [1.82, 2.24) is 30.6 Å². The summed E-state index contributed by atoms with van der Waals surface area (Å²) in [6.07, 6.45) is 5.83. The van der Waals surface area contributed by atoms with Crippen LogP contribution in [0, 0.1) is 0 Å². The van der Waals surface area contributed by atoms with E-state index >= 15 is 0 Å². The van der Waals surface area contributed by atoms with Crippen LogP contribution in [-0.2, 0) is 27.2 Å². The van der Waals surface area contributed by atoms with Gasteiger partial charge in [0.05, 0.1) is 30.6 Å². The Balaban J connectivity index is 2.10. The maximum Gasteiger partial charge on any atom is 0.326 e. The van der Waals surface area contributed by atoms with Crippen LogP contribution < -0.4 is 16.4 Å². The van der Waals surface area contributed by atoms with Crippen molar-refractivity contribution in [3.05, 3.63) is 36.4 Å². The molecule has 2 heterocycles. The molecule has 0 radical (unpaired) electrons. The number of aliphatic carboxylic acids is 1. The number of nitrogens with one attached hydrogen (secondary N) is 4. The van der Waals surface area contributed by atoms with E-state index in [2.05, 4.69) is 30.6 Å². The van der Waals surface area contributed by atoms with Crippen molar-refractivity contribution in [2.24, 2.45) is 5.73 Å². The van der Waals surface area contributed by atoms with E-state index in [1.807, 2.05) is 0 Å². The summed E-state index contributed by atoms with van der Waals surface area (Å²) in [5, 5.41) is 23.1. The number of nitrogens with two attached hydrogens (primary N) is 1. The van der Waals surface area contributed by atoms with E-state index in [1.54, 1.807) is 0 Å². The zero-order chi connectivity index (χ0) is 19.8. The maximum absolute atomic E-state index is 12.6. The molecule has 12 heteroatoms. The molecule has 2 aromatic heterocycles. The molecule has 0 bridgehead atoms. The number of nitrogens with zero attached hydrogens (tertiary/aromatic N) is 2.